The summed E-state index contributed by atoms with van der Waals surface area (Å²) in [5, 5.41) is 0.736. The molecule has 1 aromatic heterocycles. The van der Waals surface area contributed by atoms with E-state index in [1.165, 1.54) is 19.3 Å². The molecule has 1 aliphatic rings. The number of para-hydroxylation sites is 1. The SMILES string of the molecule is CCCC1CC1n1c(CCCl)nc2c(Cl)cccc21. The number of halogens is 2. The van der Waals surface area contributed by atoms with Crippen LogP contribution in [0.15, 0.2) is 18.2 Å². The van der Waals surface area contributed by atoms with Gasteiger partial charge in [-0.3, -0.25) is 0 Å². The van der Waals surface area contributed by atoms with Gasteiger partial charge in [-0.25, -0.2) is 4.98 Å². The number of hydrogen-bond acceptors (Lipinski definition) is 1. The van der Waals surface area contributed by atoms with E-state index in [0.717, 1.165) is 34.2 Å². The molecule has 1 fully saturated rings. The lowest BCUT2D eigenvalue weighted by molar-refractivity contribution is 0.600. The summed E-state index contributed by atoms with van der Waals surface area (Å²) in [5.41, 5.74) is 2.09. The van der Waals surface area contributed by atoms with Crippen LogP contribution in [0.4, 0.5) is 0 Å². The first-order chi connectivity index (χ1) is 9.26. The van der Waals surface area contributed by atoms with Crippen molar-refractivity contribution in [2.75, 3.05) is 5.88 Å². The third-order valence-corrected chi connectivity index (χ3v) is 4.43. The molecule has 2 atom stereocenters. The van der Waals surface area contributed by atoms with Crippen LogP contribution in [0.25, 0.3) is 11.0 Å². The zero-order valence-corrected chi connectivity index (χ0v) is 12.6. The summed E-state index contributed by atoms with van der Waals surface area (Å²) in [6.45, 7) is 2.25. The number of rotatable bonds is 5. The molecular formula is C15H18Cl2N2. The van der Waals surface area contributed by atoms with Gasteiger partial charge in [0, 0.05) is 18.3 Å². The zero-order valence-electron chi connectivity index (χ0n) is 11.1. The quantitative estimate of drug-likeness (QED) is 0.723. The molecule has 2 aromatic rings. The van der Waals surface area contributed by atoms with Gasteiger partial charge in [0.05, 0.1) is 10.5 Å². The van der Waals surface area contributed by atoms with Gasteiger partial charge in [0.25, 0.3) is 0 Å². The van der Waals surface area contributed by atoms with Gasteiger partial charge in [-0.2, -0.15) is 0 Å². The molecule has 4 heteroatoms. The fourth-order valence-electron chi connectivity index (χ4n) is 2.99. The lowest BCUT2D eigenvalue weighted by Gasteiger charge is -2.08. The van der Waals surface area contributed by atoms with E-state index >= 15 is 0 Å². The van der Waals surface area contributed by atoms with Crippen LogP contribution in [0.5, 0.6) is 0 Å². The molecule has 0 N–H and O–H groups in total. The van der Waals surface area contributed by atoms with Crippen LogP contribution >= 0.6 is 23.2 Å². The van der Waals surface area contributed by atoms with Gasteiger partial charge >= 0.3 is 0 Å². The van der Waals surface area contributed by atoms with Gasteiger partial charge in [-0.05, 0) is 30.9 Å². The fourth-order valence-corrected chi connectivity index (χ4v) is 3.37. The summed E-state index contributed by atoms with van der Waals surface area (Å²) in [7, 11) is 0. The van der Waals surface area contributed by atoms with Crippen molar-refractivity contribution < 1.29 is 0 Å². The maximum atomic E-state index is 6.26. The normalized spacial score (nSPS) is 22.1. The van der Waals surface area contributed by atoms with E-state index in [0.29, 0.717) is 11.9 Å². The molecule has 19 heavy (non-hydrogen) atoms. The molecule has 0 aliphatic heterocycles. The highest BCUT2D eigenvalue weighted by molar-refractivity contribution is 6.34. The Hall–Kier alpha value is -0.730. The summed E-state index contributed by atoms with van der Waals surface area (Å²) < 4.78 is 2.38. The molecule has 0 radical (unpaired) electrons. The molecule has 3 rings (SSSR count). The predicted molar refractivity (Wildman–Crippen MR) is 81.2 cm³/mol. The molecule has 1 aromatic carbocycles. The lowest BCUT2D eigenvalue weighted by atomic mass is 10.2. The Balaban J connectivity index is 2.05. The first-order valence-corrected chi connectivity index (χ1v) is 7.88. The maximum Gasteiger partial charge on any atom is 0.111 e. The molecule has 1 heterocycles. The van der Waals surface area contributed by atoms with Crippen molar-refractivity contribution in [2.45, 2.75) is 38.6 Å². The topological polar surface area (TPSA) is 17.8 Å². The molecule has 1 aliphatic carbocycles. The third kappa shape index (κ3) is 2.36. The van der Waals surface area contributed by atoms with E-state index in [1.54, 1.807) is 0 Å². The summed E-state index contributed by atoms with van der Waals surface area (Å²) in [5.74, 6) is 2.49. The lowest BCUT2D eigenvalue weighted by Crippen LogP contribution is -2.04. The predicted octanol–water partition coefficient (Wildman–Crippen LogP) is 4.83. The number of alkyl halides is 1. The van der Waals surface area contributed by atoms with Gasteiger partial charge in [0.15, 0.2) is 0 Å². The van der Waals surface area contributed by atoms with E-state index < -0.39 is 0 Å². The van der Waals surface area contributed by atoms with Crippen molar-refractivity contribution in [3.63, 3.8) is 0 Å². The van der Waals surface area contributed by atoms with E-state index in [-0.39, 0.29) is 0 Å². The highest BCUT2D eigenvalue weighted by Crippen LogP contribution is 2.48. The van der Waals surface area contributed by atoms with Crippen LogP contribution in [0.2, 0.25) is 5.02 Å². The molecule has 102 valence electrons. The number of fused-ring (bicyclic) bond motifs is 1. The first-order valence-electron chi connectivity index (χ1n) is 6.97. The van der Waals surface area contributed by atoms with Gasteiger partial charge in [0.1, 0.15) is 11.3 Å². The maximum absolute atomic E-state index is 6.26. The average Bonchev–Trinajstić information content (AvgIpc) is 3.03. The highest BCUT2D eigenvalue weighted by Gasteiger charge is 2.39. The van der Waals surface area contributed by atoms with Crippen molar-refractivity contribution in [1.82, 2.24) is 9.55 Å². The van der Waals surface area contributed by atoms with E-state index in [1.807, 2.05) is 12.1 Å². The highest BCUT2D eigenvalue weighted by atomic mass is 35.5. The Morgan fingerprint density at radius 3 is 3.00 bits per heavy atom. The molecular weight excluding hydrogens is 279 g/mol. The second kappa shape index (κ2) is 5.34. The van der Waals surface area contributed by atoms with Gasteiger partial charge < -0.3 is 4.57 Å². The Kier molecular flexibility index (Phi) is 3.72. The van der Waals surface area contributed by atoms with Crippen molar-refractivity contribution in [3.05, 3.63) is 29.0 Å². The molecule has 0 saturated heterocycles. The van der Waals surface area contributed by atoms with E-state index in [9.17, 15) is 0 Å². The van der Waals surface area contributed by atoms with Gasteiger partial charge in [0.2, 0.25) is 0 Å². The number of aromatic nitrogens is 2. The van der Waals surface area contributed by atoms with Gasteiger partial charge in [-0.1, -0.05) is 31.0 Å². The molecule has 2 nitrogen and oxygen atoms in total. The first kappa shape index (κ1) is 13.3. The van der Waals surface area contributed by atoms with Crippen LogP contribution in [-0.2, 0) is 6.42 Å². The van der Waals surface area contributed by atoms with Crippen LogP contribution in [0, 0.1) is 5.92 Å². The Morgan fingerprint density at radius 2 is 2.26 bits per heavy atom. The Labute approximate surface area is 123 Å². The number of imidazole rings is 1. The minimum absolute atomic E-state index is 0.599. The molecule has 2 unspecified atom stereocenters. The van der Waals surface area contributed by atoms with Crippen molar-refractivity contribution in [3.8, 4) is 0 Å². The van der Waals surface area contributed by atoms with Crippen LogP contribution in [0.1, 0.15) is 38.1 Å². The summed E-state index contributed by atoms with van der Waals surface area (Å²) >= 11 is 12.2. The van der Waals surface area contributed by atoms with Gasteiger partial charge in [-0.15, -0.1) is 11.6 Å². The number of hydrogen-bond donors (Lipinski definition) is 0. The average molecular weight is 297 g/mol. The molecule has 1 saturated carbocycles. The van der Waals surface area contributed by atoms with Crippen molar-refractivity contribution >= 4 is 34.2 Å². The minimum atomic E-state index is 0.599. The van der Waals surface area contributed by atoms with E-state index in [4.69, 9.17) is 28.2 Å². The standard InChI is InChI=1S/C15H18Cl2N2/c1-2-4-10-9-13(10)19-12-6-3-5-11(17)15(12)18-14(19)7-8-16/h3,5-6,10,13H,2,4,7-9H2,1H3. The fraction of sp³-hybridized carbons (Fsp3) is 0.533. The zero-order chi connectivity index (χ0) is 13.4. The van der Waals surface area contributed by atoms with Crippen molar-refractivity contribution in [2.24, 2.45) is 5.92 Å². The molecule has 0 spiro atoms. The summed E-state index contributed by atoms with van der Waals surface area (Å²) in [6.07, 6.45) is 4.62. The molecule has 0 amide bonds. The smallest absolute Gasteiger partial charge is 0.111 e. The van der Waals surface area contributed by atoms with Crippen LogP contribution in [0.3, 0.4) is 0 Å². The summed E-state index contributed by atoms with van der Waals surface area (Å²) in [6, 6.07) is 6.63. The second-order valence-electron chi connectivity index (χ2n) is 5.30. The third-order valence-electron chi connectivity index (χ3n) is 3.94. The monoisotopic (exact) mass is 296 g/mol. The molecule has 0 bridgehead atoms. The van der Waals surface area contributed by atoms with Crippen LogP contribution < -0.4 is 0 Å². The largest absolute Gasteiger partial charge is 0.324 e. The van der Waals surface area contributed by atoms with Crippen molar-refractivity contribution in [1.29, 1.82) is 0 Å². The van der Waals surface area contributed by atoms with Crippen LogP contribution in [-0.4, -0.2) is 15.4 Å². The number of benzene rings is 1. The second-order valence-corrected chi connectivity index (χ2v) is 6.08. The number of aryl methyl sites for hydroxylation is 1. The number of nitrogens with zero attached hydrogens (tertiary/aromatic N) is 2. The minimum Gasteiger partial charge on any atom is -0.324 e. The Bertz CT molecular complexity index is 591. The Morgan fingerprint density at radius 1 is 1.42 bits per heavy atom. The van der Waals surface area contributed by atoms with E-state index in [2.05, 4.69) is 17.6 Å². The summed E-state index contributed by atoms with van der Waals surface area (Å²) in [4.78, 5) is 4.70.